The average molecular weight is 424 g/mol. The van der Waals surface area contributed by atoms with Crippen molar-refractivity contribution in [3.8, 4) is 10.6 Å². The summed E-state index contributed by atoms with van der Waals surface area (Å²) in [5.74, 6) is -0.172. The van der Waals surface area contributed by atoms with Crippen LogP contribution in [0.2, 0.25) is 0 Å². The number of amides is 2. The van der Waals surface area contributed by atoms with Gasteiger partial charge in [0.1, 0.15) is 17.2 Å². The second-order valence-corrected chi connectivity index (χ2v) is 8.13. The number of benzene rings is 2. The fourth-order valence-electron chi connectivity index (χ4n) is 3.06. The van der Waals surface area contributed by atoms with Gasteiger partial charge in [-0.25, -0.2) is 4.98 Å². The number of carbonyl (C=O) groups is 2. The van der Waals surface area contributed by atoms with Crippen LogP contribution in [0, 0.1) is 6.92 Å². The Hall–Kier alpha value is -3.03. The molecule has 0 radical (unpaired) electrons. The van der Waals surface area contributed by atoms with Gasteiger partial charge >= 0.3 is 0 Å². The summed E-state index contributed by atoms with van der Waals surface area (Å²) in [4.78, 5) is 29.5. The summed E-state index contributed by atoms with van der Waals surface area (Å²) < 4.78 is 0. The molecule has 0 aliphatic heterocycles. The second-order valence-electron chi connectivity index (χ2n) is 7.27. The number of nitrogens with one attached hydrogen (secondary N) is 3. The van der Waals surface area contributed by atoms with Gasteiger partial charge in [0.15, 0.2) is 6.54 Å². The number of likely N-dealkylation sites (N-methyl/N-ethyl adjacent to an activating group) is 1. The molecule has 0 aliphatic carbocycles. The Labute approximate surface area is 181 Å². The van der Waals surface area contributed by atoms with Crippen LogP contribution in [0.3, 0.4) is 0 Å². The molecule has 1 atom stereocenters. The van der Waals surface area contributed by atoms with E-state index in [1.165, 1.54) is 12.5 Å². The fraction of sp³-hybridized carbons (Fsp3) is 0.261. The minimum atomic E-state index is -0.124. The highest BCUT2D eigenvalue weighted by atomic mass is 32.1. The minimum Gasteiger partial charge on any atom is -0.326 e. The maximum absolute atomic E-state index is 12.5. The molecule has 1 unspecified atom stereocenters. The number of hydrogen-bond donors (Lipinski definition) is 3. The quantitative estimate of drug-likeness (QED) is 0.521. The van der Waals surface area contributed by atoms with Crippen molar-refractivity contribution >= 4 is 34.5 Å². The molecule has 156 valence electrons. The number of hydrogen-bond acceptors (Lipinski definition) is 4. The monoisotopic (exact) mass is 423 g/mol. The van der Waals surface area contributed by atoms with Crippen molar-refractivity contribution in [1.29, 1.82) is 0 Å². The number of rotatable bonds is 8. The Balaban J connectivity index is 1.55. The number of anilines is 2. The minimum absolute atomic E-state index is 0.0480. The molecule has 0 aliphatic rings. The lowest BCUT2D eigenvalue weighted by Gasteiger charge is -2.16. The number of thiazole rings is 1. The molecule has 2 aromatic carbocycles. The second kappa shape index (κ2) is 10.1. The largest absolute Gasteiger partial charge is 0.326 e. The highest BCUT2D eigenvalue weighted by Gasteiger charge is 2.16. The van der Waals surface area contributed by atoms with Crippen LogP contribution in [0.4, 0.5) is 11.4 Å². The molecule has 0 fully saturated rings. The van der Waals surface area contributed by atoms with Crippen LogP contribution in [0.5, 0.6) is 0 Å². The highest BCUT2D eigenvalue weighted by Crippen LogP contribution is 2.23. The molecule has 0 saturated heterocycles. The van der Waals surface area contributed by atoms with Crippen LogP contribution in [0.1, 0.15) is 25.1 Å². The van der Waals surface area contributed by atoms with Crippen molar-refractivity contribution in [1.82, 2.24) is 4.98 Å². The predicted molar refractivity (Wildman–Crippen MR) is 122 cm³/mol. The number of quaternary nitrogens is 1. The fourth-order valence-corrected chi connectivity index (χ4v) is 3.88. The summed E-state index contributed by atoms with van der Waals surface area (Å²) >= 11 is 1.63. The first-order valence-corrected chi connectivity index (χ1v) is 10.8. The van der Waals surface area contributed by atoms with E-state index in [0.717, 1.165) is 27.7 Å². The molecule has 6 nitrogen and oxygen atoms in total. The third kappa shape index (κ3) is 6.23. The number of carbonyl (C=O) groups excluding carboxylic acids is 2. The van der Waals surface area contributed by atoms with Gasteiger partial charge in [0.25, 0.3) is 5.91 Å². The van der Waals surface area contributed by atoms with Crippen molar-refractivity contribution in [2.24, 2.45) is 0 Å². The van der Waals surface area contributed by atoms with Crippen LogP contribution in [0.25, 0.3) is 10.6 Å². The zero-order valence-corrected chi connectivity index (χ0v) is 18.3. The first-order valence-electron chi connectivity index (χ1n) is 9.95. The third-order valence-corrected chi connectivity index (χ3v) is 5.62. The van der Waals surface area contributed by atoms with Gasteiger partial charge in [0, 0.05) is 29.2 Å². The zero-order valence-electron chi connectivity index (χ0n) is 17.5. The Kier molecular flexibility index (Phi) is 7.32. The normalized spacial score (nSPS) is 11.7. The Morgan fingerprint density at radius 2 is 1.63 bits per heavy atom. The molecule has 7 heteroatoms. The van der Waals surface area contributed by atoms with Gasteiger partial charge < -0.3 is 15.5 Å². The molecule has 3 aromatic rings. The molecular weight excluding hydrogens is 396 g/mol. The molecule has 1 aromatic heterocycles. The van der Waals surface area contributed by atoms with E-state index in [1.54, 1.807) is 35.6 Å². The lowest BCUT2D eigenvalue weighted by Crippen LogP contribution is -3.11. The summed E-state index contributed by atoms with van der Waals surface area (Å²) in [7, 11) is 0. The summed E-state index contributed by atoms with van der Waals surface area (Å²) in [6.45, 7) is 7.49. The first kappa shape index (κ1) is 21.7. The van der Waals surface area contributed by atoms with Crippen molar-refractivity contribution in [2.45, 2.75) is 27.3 Å². The smallest absolute Gasteiger partial charge is 0.279 e. The van der Waals surface area contributed by atoms with E-state index in [9.17, 15) is 9.59 Å². The summed E-state index contributed by atoms with van der Waals surface area (Å²) in [6, 6.07) is 15.5. The van der Waals surface area contributed by atoms with Crippen LogP contribution in [-0.4, -0.2) is 29.9 Å². The van der Waals surface area contributed by atoms with Gasteiger partial charge in [0.05, 0.1) is 6.54 Å². The molecule has 0 bridgehead atoms. The van der Waals surface area contributed by atoms with Crippen molar-refractivity contribution < 1.29 is 14.5 Å². The topological polar surface area (TPSA) is 75.5 Å². The van der Waals surface area contributed by atoms with Crippen molar-refractivity contribution in [3.63, 3.8) is 0 Å². The number of nitrogens with zero attached hydrogens (tertiary/aromatic N) is 1. The standard InChI is InChI=1S/C23H26N4O2S/c1-4-27(13-21-15-30-23(26-21)18-7-5-16(2)6-8-18)14-22(29)25-20-11-9-19(10-12-20)24-17(3)28/h5-12,15H,4,13-14H2,1-3H3,(H,24,28)(H,25,29)/p+1. The Morgan fingerprint density at radius 1 is 1.00 bits per heavy atom. The Bertz CT molecular complexity index is 997. The maximum atomic E-state index is 12.5. The van der Waals surface area contributed by atoms with E-state index in [0.29, 0.717) is 24.5 Å². The van der Waals surface area contributed by atoms with Gasteiger partial charge in [-0.2, -0.15) is 0 Å². The van der Waals surface area contributed by atoms with Gasteiger partial charge in [-0.3, -0.25) is 9.59 Å². The number of aromatic nitrogens is 1. The molecule has 0 saturated carbocycles. The van der Waals surface area contributed by atoms with E-state index in [2.05, 4.69) is 54.1 Å². The van der Waals surface area contributed by atoms with Crippen LogP contribution in [0.15, 0.2) is 53.9 Å². The molecular formula is C23H27N4O2S+. The van der Waals surface area contributed by atoms with Crippen LogP contribution < -0.4 is 15.5 Å². The zero-order chi connectivity index (χ0) is 21.5. The first-order chi connectivity index (χ1) is 14.4. The molecule has 2 amide bonds. The van der Waals surface area contributed by atoms with Crippen molar-refractivity contribution in [2.75, 3.05) is 23.7 Å². The molecule has 3 N–H and O–H groups in total. The Morgan fingerprint density at radius 3 is 2.23 bits per heavy atom. The van der Waals surface area contributed by atoms with Gasteiger partial charge in [-0.1, -0.05) is 29.8 Å². The van der Waals surface area contributed by atoms with Gasteiger partial charge in [-0.15, -0.1) is 11.3 Å². The van der Waals surface area contributed by atoms with E-state index in [-0.39, 0.29) is 11.8 Å². The molecule has 1 heterocycles. The van der Waals surface area contributed by atoms with E-state index in [1.807, 2.05) is 0 Å². The van der Waals surface area contributed by atoms with E-state index in [4.69, 9.17) is 4.98 Å². The highest BCUT2D eigenvalue weighted by molar-refractivity contribution is 7.13. The molecule has 3 rings (SSSR count). The van der Waals surface area contributed by atoms with E-state index >= 15 is 0 Å². The maximum Gasteiger partial charge on any atom is 0.279 e. The SMILES string of the molecule is CC[NH+](CC(=O)Nc1ccc(NC(C)=O)cc1)Cc1csc(-c2ccc(C)cc2)n1. The summed E-state index contributed by atoms with van der Waals surface area (Å²) in [6.07, 6.45) is 0. The van der Waals surface area contributed by atoms with E-state index < -0.39 is 0 Å². The van der Waals surface area contributed by atoms with Gasteiger partial charge in [0.2, 0.25) is 5.91 Å². The third-order valence-electron chi connectivity index (χ3n) is 4.68. The van der Waals surface area contributed by atoms with Crippen LogP contribution in [-0.2, 0) is 16.1 Å². The lowest BCUT2D eigenvalue weighted by atomic mass is 10.2. The molecule has 0 spiro atoms. The average Bonchev–Trinajstić information content (AvgIpc) is 3.17. The lowest BCUT2D eigenvalue weighted by molar-refractivity contribution is -0.904. The number of aryl methyl sites for hydroxylation is 1. The summed E-state index contributed by atoms with van der Waals surface area (Å²) in [5, 5.41) is 8.70. The summed E-state index contributed by atoms with van der Waals surface area (Å²) in [5.41, 5.74) is 4.76. The predicted octanol–water partition coefficient (Wildman–Crippen LogP) is 3.12. The van der Waals surface area contributed by atoms with Gasteiger partial charge in [-0.05, 0) is 38.1 Å². The van der Waals surface area contributed by atoms with Crippen molar-refractivity contribution in [3.05, 3.63) is 65.2 Å². The molecule has 30 heavy (non-hydrogen) atoms. The van der Waals surface area contributed by atoms with Crippen LogP contribution >= 0.6 is 11.3 Å².